The van der Waals surface area contributed by atoms with E-state index in [9.17, 15) is 0 Å². The van der Waals surface area contributed by atoms with E-state index in [1.54, 1.807) is 18.3 Å². The highest BCUT2D eigenvalue weighted by molar-refractivity contribution is 5.53. The fraction of sp³-hybridized carbons (Fsp3) is 0.462. The number of pyridine rings is 1. The third-order valence-corrected chi connectivity index (χ3v) is 3.36. The molecule has 3 rings (SSSR count). The van der Waals surface area contributed by atoms with Crippen molar-refractivity contribution in [1.82, 2.24) is 20.0 Å². The predicted molar refractivity (Wildman–Crippen MR) is 72.7 cm³/mol. The first-order valence-electron chi connectivity index (χ1n) is 6.65. The predicted octanol–water partition coefficient (Wildman–Crippen LogP) is 1.11. The number of rotatable bonds is 3. The Morgan fingerprint density at radius 1 is 1.45 bits per heavy atom. The van der Waals surface area contributed by atoms with Crippen molar-refractivity contribution in [3.05, 3.63) is 24.2 Å². The summed E-state index contributed by atoms with van der Waals surface area (Å²) >= 11 is 0. The summed E-state index contributed by atoms with van der Waals surface area (Å²) < 4.78 is 11.0. The zero-order valence-corrected chi connectivity index (χ0v) is 11.3. The van der Waals surface area contributed by atoms with Gasteiger partial charge in [0.25, 0.3) is 5.89 Å². The highest BCUT2D eigenvalue weighted by atomic mass is 16.5. The van der Waals surface area contributed by atoms with Crippen molar-refractivity contribution in [3.8, 4) is 11.5 Å². The molecule has 0 amide bonds. The zero-order valence-electron chi connectivity index (χ0n) is 11.3. The van der Waals surface area contributed by atoms with Crippen LogP contribution in [-0.2, 0) is 4.74 Å². The second-order valence-corrected chi connectivity index (χ2v) is 4.68. The Labute approximate surface area is 116 Å². The van der Waals surface area contributed by atoms with Crippen molar-refractivity contribution in [2.24, 2.45) is 0 Å². The third kappa shape index (κ3) is 2.63. The van der Waals surface area contributed by atoms with Gasteiger partial charge in [-0.15, -0.1) is 0 Å². The second-order valence-electron chi connectivity index (χ2n) is 4.68. The first-order chi connectivity index (χ1) is 9.76. The van der Waals surface area contributed by atoms with Gasteiger partial charge in [0.1, 0.15) is 11.9 Å². The molecule has 1 unspecified atom stereocenters. The largest absolute Gasteiger partial charge is 0.384 e. The lowest BCUT2D eigenvalue weighted by Crippen LogP contribution is -2.38. The molecule has 1 fully saturated rings. The Bertz CT molecular complexity index is 568. The molecule has 0 aromatic carbocycles. The second kappa shape index (κ2) is 5.56. The molecule has 7 nitrogen and oxygen atoms in total. The van der Waals surface area contributed by atoms with Gasteiger partial charge in [0.15, 0.2) is 0 Å². The smallest absolute Gasteiger partial charge is 0.259 e. The Balaban J connectivity index is 1.78. The van der Waals surface area contributed by atoms with Crippen LogP contribution in [0.15, 0.2) is 22.9 Å². The van der Waals surface area contributed by atoms with Crippen LogP contribution in [0, 0.1) is 0 Å². The number of hydrogen-bond acceptors (Lipinski definition) is 7. The fourth-order valence-electron chi connectivity index (χ4n) is 2.16. The maximum atomic E-state index is 5.70. The van der Waals surface area contributed by atoms with E-state index in [2.05, 4.69) is 26.9 Å². The summed E-state index contributed by atoms with van der Waals surface area (Å²) in [5.74, 6) is 1.47. The van der Waals surface area contributed by atoms with Crippen LogP contribution >= 0.6 is 0 Å². The minimum atomic E-state index is -0.136. The summed E-state index contributed by atoms with van der Waals surface area (Å²) in [6.45, 7) is 5.54. The maximum absolute atomic E-state index is 5.70. The molecule has 3 heterocycles. The van der Waals surface area contributed by atoms with Crippen LogP contribution < -0.4 is 5.73 Å². The standard InChI is InChI=1S/C13H17N5O2/c1-2-18-5-6-19-10(8-18)12-16-13(20-17-12)9-3-4-11(14)15-7-9/h3-4,7,10H,2,5-6,8H2,1H3,(H2,14,15). The van der Waals surface area contributed by atoms with Crippen LogP contribution in [0.3, 0.4) is 0 Å². The molecular formula is C13H17N5O2. The molecule has 0 bridgehead atoms. The van der Waals surface area contributed by atoms with Crippen molar-refractivity contribution in [3.63, 3.8) is 0 Å². The first kappa shape index (κ1) is 13.0. The molecule has 1 aliphatic heterocycles. The van der Waals surface area contributed by atoms with Crippen molar-refractivity contribution in [2.75, 3.05) is 32.0 Å². The van der Waals surface area contributed by atoms with Gasteiger partial charge in [-0.05, 0) is 18.7 Å². The van der Waals surface area contributed by atoms with Crippen molar-refractivity contribution in [2.45, 2.75) is 13.0 Å². The van der Waals surface area contributed by atoms with Crippen LogP contribution in [0.4, 0.5) is 5.82 Å². The van der Waals surface area contributed by atoms with Gasteiger partial charge in [-0.2, -0.15) is 4.98 Å². The first-order valence-corrected chi connectivity index (χ1v) is 6.65. The molecule has 2 aromatic rings. The van der Waals surface area contributed by atoms with Gasteiger partial charge in [-0.3, -0.25) is 4.90 Å². The summed E-state index contributed by atoms with van der Waals surface area (Å²) in [7, 11) is 0. The SMILES string of the molecule is CCN1CCOC(c2noc(-c3ccc(N)nc3)n2)C1. The molecule has 106 valence electrons. The van der Waals surface area contributed by atoms with E-state index in [0.717, 1.165) is 25.2 Å². The van der Waals surface area contributed by atoms with E-state index in [0.29, 0.717) is 24.1 Å². The molecule has 2 N–H and O–H groups in total. The number of ether oxygens (including phenoxy) is 1. The summed E-state index contributed by atoms with van der Waals surface area (Å²) in [6.07, 6.45) is 1.48. The van der Waals surface area contributed by atoms with Crippen LogP contribution in [0.5, 0.6) is 0 Å². The highest BCUT2D eigenvalue weighted by Crippen LogP contribution is 2.23. The minimum Gasteiger partial charge on any atom is -0.384 e. The van der Waals surface area contributed by atoms with Gasteiger partial charge in [-0.25, -0.2) is 4.98 Å². The molecule has 20 heavy (non-hydrogen) atoms. The summed E-state index contributed by atoms with van der Waals surface area (Å²) in [5.41, 5.74) is 6.31. The number of anilines is 1. The number of nitrogens with two attached hydrogens (primary N) is 1. The van der Waals surface area contributed by atoms with Crippen LogP contribution in [-0.4, -0.2) is 46.3 Å². The Morgan fingerprint density at radius 2 is 2.35 bits per heavy atom. The fourth-order valence-corrected chi connectivity index (χ4v) is 2.16. The minimum absolute atomic E-state index is 0.136. The molecule has 2 aromatic heterocycles. The lowest BCUT2D eigenvalue weighted by Gasteiger charge is -2.30. The number of hydrogen-bond donors (Lipinski definition) is 1. The van der Waals surface area contributed by atoms with Gasteiger partial charge in [0.05, 0.1) is 12.2 Å². The summed E-state index contributed by atoms with van der Waals surface area (Å²) in [5, 5.41) is 4.01. The molecule has 7 heteroatoms. The van der Waals surface area contributed by atoms with E-state index < -0.39 is 0 Å². The number of likely N-dealkylation sites (N-methyl/N-ethyl adjacent to an activating group) is 1. The number of morpholine rings is 1. The Morgan fingerprint density at radius 3 is 3.10 bits per heavy atom. The van der Waals surface area contributed by atoms with Crippen molar-refractivity contribution in [1.29, 1.82) is 0 Å². The summed E-state index contributed by atoms with van der Waals surface area (Å²) in [6, 6.07) is 3.51. The van der Waals surface area contributed by atoms with Gasteiger partial charge in [0, 0.05) is 19.3 Å². The quantitative estimate of drug-likeness (QED) is 0.897. The van der Waals surface area contributed by atoms with E-state index >= 15 is 0 Å². The molecular weight excluding hydrogens is 258 g/mol. The van der Waals surface area contributed by atoms with Gasteiger partial charge in [-0.1, -0.05) is 12.1 Å². The molecule has 0 saturated carbocycles. The number of nitrogen functional groups attached to an aromatic ring is 1. The van der Waals surface area contributed by atoms with Crippen molar-refractivity contribution >= 4 is 5.82 Å². The number of nitrogens with zero attached hydrogens (tertiary/aromatic N) is 4. The Kier molecular flexibility index (Phi) is 3.62. The molecule has 0 spiro atoms. The van der Waals surface area contributed by atoms with E-state index in [4.69, 9.17) is 15.0 Å². The molecule has 1 saturated heterocycles. The van der Waals surface area contributed by atoms with E-state index in [-0.39, 0.29) is 6.10 Å². The molecule has 1 atom stereocenters. The lowest BCUT2D eigenvalue weighted by atomic mass is 10.2. The maximum Gasteiger partial charge on any atom is 0.259 e. The average Bonchev–Trinajstić information content (AvgIpc) is 2.98. The zero-order chi connectivity index (χ0) is 13.9. The molecule has 0 radical (unpaired) electrons. The van der Waals surface area contributed by atoms with Crippen LogP contribution in [0.1, 0.15) is 18.9 Å². The van der Waals surface area contributed by atoms with Crippen molar-refractivity contribution < 1.29 is 9.26 Å². The monoisotopic (exact) mass is 275 g/mol. The summed E-state index contributed by atoms with van der Waals surface area (Å²) in [4.78, 5) is 10.7. The van der Waals surface area contributed by atoms with E-state index in [1.165, 1.54) is 0 Å². The Hall–Kier alpha value is -1.99. The lowest BCUT2D eigenvalue weighted by molar-refractivity contribution is -0.0334. The van der Waals surface area contributed by atoms with E-state index in [1.807, 2.05) is 0 Å². The normalized spacial score (nSPS) is 20.1. The number of aromatic nitrogens is 3. The van der Waals surface area contributed by atoms with Crippen LogP contribution in [0.2, 0.25) is 0 Å². The molecule has 1 aliphatic rings. The third-order valence-electron chi connectivity index (χ3n) is 3.36. The topological polar surface area (TPSA) is 90.3 Å². The molecule has 0 aliphatic carbocycles. The van der Waals surface area contributed by atoms with Gasteiger partial charge < -0.3 is 15.0 Å². The van der Waals surface area contributed by atoms with Gasteiger partial charge >= 0.3 is 0 Å². The van der Waals surface area contributed by atoms with Gasteiger partial charge in [0.2, 0.25) is 5.82 Å². The average molecular weight is 275 g/mol. The highest BCUT2D eigenvalue weighted by Gasteiger charge is 2.25. The van der Waals surface area contributed by atoms with Crippen LogP contribution in [0.25, 0.3) is 11.5 Å².